The van der Waals surface area contributed by atoms with E-state index in [-0.39, 0.29) is 12.2 Å². The van der Waals surface area contributed by atoms with E-state index in [1.165, 1.54) is 0 Å². The molecule has 1 heterocycles. The lowest BCUT2D eigenvalue weighted by Crippen LogP contribution is -2.42. The van der Waals surface area contributed by atoms with Gasteiger partial charge in [0, 0.05) is 17.4 Å². The largest absolute Gasteiger partial charge is 0.446 e. The van der Waals surface area contributed by atoms with Crippen molar-refractivity contribution < 1.29 is 9.53 Å². The van der Waals surface area contributed by atoms with Crippen LogP contribution in [0.4, 0.5) is 10.5 Å². The number of halogens is 1. The Hall–Kier alpha value is -1.07. The van der Waals surface area contributed by atoms with Crippen LogP contribution in [-0.2, 0) is 4.74 Å². The van der Waals surface area contributed by atoms with E-state index in [1.807, 2.05) is 24.3 Å². The van der Waals surface area contributed by atoms with Crippen LogP contribution in [-0.4, -0.2) is 25.3 Å². The van der Waals surface area contributed by atoms with Gasteiger partial charge in [0.05, 0.1) is 5.69 Å². The molecule has 0 bridgehead atoms. The lowest BCUT2D eigenvalue weighted by atomic mass is 10.1. The minimum absolute atomic E-state index is 0.0359. The zero-order valence-electron chi connectivity index (χ0n) is 9.43. The highest BCUT2D eigenvalue weighted by molar-refractivity contribution is 9.10. The molecule has 2 N–H and O–H groups in total. The van der Waals surface area contributed by atoms with Gasteiger partial charge in [-0.1, -0.05) is 12.1 Å². The number of nitrogens with two attached hydrogens (primary N) is 1. The number of ether oxygens (including phenoxy) is 1. The Kier molecular flexibility index (Phi) is 4.02. The van der Waals surface area contributed by atoms with Crippen LogP contribution in [0.1, 0.15) is 12.8 Å². The van der Waals surface area contributed by atoms with E-state index < -0.39 is 0 Å². The van der Waals surface area contributed by atoms with Crippen molar-refractivity contribution in [1.82, 2.24) is 0 Å². The van der Waals surface area contributed by atoms with Crippen molar-refractivity contribution in [2.45, 2.75) is 18.9 Å². The number of rotatable bonds is 3. The van der Waals surface area contributed by atoms with Gasteiger partial charge >= 0.3 is 6.09 Å². The molecule has 1 aliphatic heterocycles. The quantitative estimate of drug-likeness (QED) is 0.933. The molecule has 1 unspecified atom stereocenters. The van der Waals surface area contributed by atoms with Crippen LogP contribution in [0.3, 0.4) is 0 Å². The van der Waals surface area contributed by atoms with E-state index in [9.17, 15) is 4.79 Å². The van der Waals surface area contributed by atoms with Crippen LogP contribution in [0.5, 0.6) is 0 Å². The number of hydrogen-bond donors (Lipinski definition) is 1. The molecule has 2 rings (SSSR count). The number of carbonyl (C=O) groups is 1. The van der Waals surface area contributed by atoms with Gasteiger partial charge < -0.3 is 10.5 Å². The fraction of sp³-hybridized carbons (Fsp3) is 0.417. The van der Waals surface area contributed by atoms with Crippen LogP contribution in [0, 0.1) is 0 Å². The fourth-order valence-corrected chi connectivity index (χ4v) is 2.41. The highest BCUT2D eigenvalue weighted by Crippen LogP contribution is 2.29. The predicted octanol–water partition coefficient (Wildman–Crippen LogP) is 2.51. The Bertz CT molecular complexity index is 411. The standard InChI is InChI=1S/C12H15BrN2O2/c13-10-3-1-2-4-11(10)15-8-6-9(5-7-14)17-12(15)16/h1-4,9H,5-8,14H2. The fourth-order valence-electron chi connectivity index (χ4n) is 1.91. The number of hydrogen-bond acceptors (Lipinski definition) is 3. The molecule has 1 amide bonds. The summed E-state index contributed by atoms with van der Waals surface area (Å²) in [6, 6.07) is 7.63. The van der Waals surface area contributed by atoms with Crippen molar-refractivity contribution in [2.24, 2.45) is 5.73 Å². The SMILES string of the molecule is NCCC1CCN(c2ccccc2Br)C(=O)O1. The van der Waals surface area contributed by atoms with Crippen molar-refractivity contribution in [1.29, 1.82) is 0 Å². The van der Waals surface area contributed by atoms with Crippen LogP contribution < -0.4 is 10.6 Å². The van der Waals surface area contributed by atoms with E-state index in [2.05, 4.69) is 15.9 Å². The topological polar surface area (TPSA) is 55.6 Å². The lowest BCUT2D eigenvalue weighted by molar-refractivity contribution is 0.0806. The summed E-state index contributed by atoms with van der Waals surface area (Å²) in [6.45, 7) is 1.22. The Morgan fingerprint density at radius 2 is 2.24 bits per heavy atom. The third-order valence-corrected chi connectivity index (χ3v) is 3.47. The average Bonchev–Trinajstić information content (AvgIpc) is 2.31. The van der Waals surface area contributed by atoms with E-state index in [0.717, 1.165) is 23.0 Å². The molecule has 0 saturated carbocycles. The minimum atomic E-state index is -0.290. The van der Waals surface area contributed by atoms with E-state index in [0.29, 0.717) is 13.1 Å². The Morgan fingerprint density at radius 3 is 2.88 bits per heavy atom. The van der Waals surface area contributed by atoms with Crippen LogP contribution in [0.25, 0.3) is 0 Å². The van der Waals surface area contributed by atoms with Gasteiger partial charge in [0.2, 0.25) is 0 Å². The van der Waals surface area contributed by atoms with Crippen LogP contribution in [0.15, 0.2) is 28.7 Å². The van der Waals surface area contributed by atoms with Crippen molar-refractivity contribution in [3.8, 4) is 0 Å². The second-order valence-corrected chi connectivity index (χ2v) is 4.83. The molecule has 1 aliphatic rings. The van der Waals surface area contributed by atoms with Crippen LogP contribution >= 0.6 is 15.9 Å². The number of benzene rings is 1. The predicted molar refractivity (Wildman–Crippen MR) is 70.0 cm³/mol. The zero-order chi connectivity index (χ0) is 12.3. The molecule has 1 aromatic carbocycles. The van der Waals surface area contributed by atoms with Gasteiger partial charge in [0.15, 0.2) is 0 Å². The van der Waals surface area contributed by atoms with Gasteiger partial charge in [-0.15, -0.1) is 0 Å². The van der Waals surface area contributed by atoms with Crippen molar-refractivity contribution in [3.05, 3.63) is 28.7 Å². The summed E-state index contributed by atoms with van der Waals surface area (Å²) >= 11 is 3.44. The van der Waals surface area contributed by atoms with Gasteiger partial charge in [-0.05, 0) is 41.0 Å². The van der Waals surface area contributed by atoms with Crippen molar-refractivity contribution >= 4 is 27.7 Å². The Labute approximate surface area is 109 Å². The number of nitrogens with zero attached hydrogens (tertiary/aromatic N) is 1. The molecule has 0 radical (unpaired) electrons. The molecule has 1 saturated heterocycles. The first-order chi connectivity index (χ1) is 8.22. The average molecular weight is 299 g/mol. The van der Waals surface area contributed by atoms with Gasteiger partial charge in [0.25, 0.3) is 0 Å². The van der Waals surface area contributed by atoms with Gasteiger partial charge in [-0.2, -0.15) is 0 Å². The minimum Gasteiger partial charge on any atom is -0.446 e. The first-order valence-corrected chi connectivity index (χ1v) is 6.44. The van der Waals surface area contributed by atoms with Gasteiger partial charge in [-0.25, -0.2) is 4.79 Å². The maximum absolute atomic E-state index is 11.9. The number of cyclic esters (lactones) is 1. The lowest BCUT2D eigenvalue weighted by Gasteiger charge is -2.32. The Morgan fingerprint density at radius 1 is 1.47 bits per heavy atom. The summed E-state index contributed by atoms with van der Waals surface area (Å²) in [4.78, 5) is 13.5. The second-order valence-electron chi connectivity index (χ2n) is 3.97. The third kappa shape index (κ3) is 2.79. The summed E-state index contributed by atoms with van der Waals surface area (Å²) in [6.07, 6.45) is 1.23. The first kappa shape index (κ1) is 12.4. The molecule has 4 nitrogen and oxygen atoms in total. The molecule has 1 aromatic rings. The summed E-state index contributed by atoms with van der Waals surface area (Å²) in [5.74, 6) is 0. The maximum atomic E-state index is 11.9. The molecular weight excluding hydrogens is 284 g/mol. The van der Waals surface area contributed by atoms with E-state index in [4.69, 9.17) is 10.5 Å². The molecular formula is C12H15BrN2O2. The molecule has 17 heavy (non-hydrogen) atoms. The summed E-state index contributed by atoms with van der Waals surface area (Å²) in [5.41, 5.74) is 6.31. The van der Waals surface area contributed by atoms with Crippen molar-refractivity contribution in [2.75, 3.05) is 18.0 Å². The normalized spacial score (nSPS) is 20.2. The Balaban J connectivity index is 2.10. The summed E-state index contributed by atoms with van der Waals surface area (Å²) in [7, 11) is 0. The molecule has 0 aliphatic carbocycles. The number of anilines is 1. The van der Waals surface area contributed by atoms with Gasteiger partial charge in [-0.3, -0.25) is 4.90 Å². The molecule has 1 atom stereocenters. The second kappa shape index (κ2) is 5.51. The first-order valence-electron chi connectivity index (χ1n) is 5.65. The zero-order valence-corrected chi connectivity index (χ0v) is 11.0. The summed E-state index contributed by atoms with van der Waals surface area (Å²) in [5, 5.41) is 0. The summed E-state index contributed by atoms with van der Waals surface area (Å²) < 4.78 is 6.23. The van der Waals surface area contributed by atoms with E-state index >= 15 is 0 Å². The molecule has 5 heteroatoms. The number of para-hydroxylation sites is 1. The third-order valence-electron chi connectivity index (χ3n) is 2.79. The molecule has 0 spiro atoms. The smallest absolute Gasteiger partial charge is 0.414 e. The molecule has 0 aromatic heterocycles. The van der Waals surface area contributed by atoms with E-state index in [1.54, 1.807) is 4.90 Å². The number of carbonyl (C=O) groups excluding carboxylic acids is 1. The molecule has 1 fully saturated rings. The maximum Gasteiger partial charge on any atom is 0.414 e. The number of amides is 1. The highest BCUT2D eigenvalue weighted by atomic mass is 79.9. The van der Waals surface area contributed by atoms with Gasteiger partial charge in [0.1, 0.15) is 6.10 Å². The van der Waals surface area contributed by atoms with Crippen LogP contribution in [0.2, 0.25) is 0 Å². The molecule has 92 valence electrons. The highest BCUT2D eigenvalue weighted by Gasteiger charge is 2.28. The monoisotopic (exact) mass is 298 g/mol. The van der Waals surface area contributed by atoms with Crippen molar-refractivity contribution in [3.63, 3.8) is 0 Å².